The number of benzene rings is 2. The number of rotatable bonds is 9. The molecule has 0 saturated carbocycles. The highest BCUT2D eigenvalue weighted by Crippen LogP contribution is 2.28. The summed E-state index contributed by atoms with van der Waals surface area (Å²) >= 11 is 0. The van der Waals surface area contributed by atoms with E-state index in [1.807, 2.05) is 19.9 Å². The summed E-state index contributed by atoms with van der Waals surface area (Å²) in [5.74, 6) is -3.91. The molecule has 3 amide bonds. The van der Waals surface area contributed by atoms with E-state index in [9.17, 15) is 24.0 Å². The number of carbonyl (C=O) groups excluding carboxylic acids is 5. The van der Waals surface area contributed by atoms with Crippen LogP contribution in [-0.4, -0.2) is 65.4 Å². The number of methoxy groups -OCH3 is 1. The summed E-state index contributed by atoms with van der Waals surface area (Å²) in [6.07, 6.45) is -3.12. The average molecular weight is 599 g/mol. The molecule has 0 N–H and O–H groups in total. The Bertz CT molecular complexity index is 1340. The summed E-state index contributed by atoms with van der Waals surface area (Å²) in [4.78, 5) is 67.6. The van der Waals surface area contributed by atoms with E-state index in [1.54, 1.807) is 58.9 Å². The molecule has 2 rings (SSSR count). The topological polar surface area (TPSA) is 129 Å². The minimum absolute atomic E-state index is 0.0306. The molecule has 234 valence electrons. The van der Waals surface area contributed by atoms with Crippen LogP contribution in [0.2, 0.25) is 0 Å². The zero-order valence-corrected chi connectivity index (χ0v) is 26.6. The molecule has 0 fully saturated rings. The highest BCUT2D eigenvalue weighted by Gasteiger charge is 2.43. The van der Waals surface area contributed by atoms with Gasteiger partial charge in [-0.15, -0.1) is 5.01 Å². The second-order valence-corrected chi connectivity index (χ2v) is 11.4. The first-order valence-electron chi connectivity index (χ1n) is 14.0. The molecule has 11 nitrogen and oxygen atoms in total. The largest absolute Gasteiger partial charge is 0.496 e. The van der Waals surface area contributed by atoms with Crippen LogP contribution in [0.1, 0.15) is 85.4 Å². The molecule has 11 heteroatoms. The molecule has 0 spiro atoms. The Morgan fingerprint density at radius 2 is 1.47 bits per heavy atom. The molecule has 0 bridgehead atoms. The van der Waals surface area contributed by atoms with E-state index >= 15 is 0 Å². The van der Waals surface area contributed by atoms with Crippen LogP contribution in [0.15, 0.2) is 36.4 Å². The van der Waals surface area contributed by atoms with Crippen molar-refractivity contribution in [3.05, 3.63) is 64.2 Å². The molecule has 0 aliphatic rings. The zero-order valence-electron chi connectivity index (χ0n) is 26.6. The Morgan fingerprint density at radius 3 is 1.98 bits per heavy atom. The van der Waals surface area contributed by atoms with Gasteiger partial charge in [-0.05, 0) is 72.2 Å². The second kappa shape index (κ2) is 14.7. The molecule has 0 aliphatic heterocycles. The van der Waals surface area contributed by atoms with Crippen LogP contribution in [0, 0.1) is 26.7 Å². The predicted molar refractivity (Wildman–Crippen MR) is 158 cm³/mol. The van der Waals surface area contributed by atoms with Gasteiger partial charge >= 0.3 is 24.3 Å². The summed E-state index contributed by atoms with van der Waals surface area (Å²) in [6, 6.07) is 9.81. The molecule has 1 unspecified atom stereocenters. The molecule has 43 heavy (non-hydrogen) atoms. The minimum atomic E-state index is -2.13. The van der Waals surface area contributed by atoms with Crippen LogP contribution in [-0.2, 0) is 23.8 Å². The SMILES string of the molecule is CCCOC(=O)C(OC(=O)C(C)C)OC(=O)N(C(=O)c1cccc(OC)c1C)N(C(=O)c1cc(C)cc(C)c1)C(C)(C)C. The van der Waals surface area contributed by atoms with Crippen LogP contribution in [0.25, 0.3) is 0 Å². The molecule has 0 aliphatic carbocycles. The Labute approximate surface area is 253 Å². The van der Waals surface area contributed by atoms with E-state index in [0.29, 0.717) is 22.7 Å². The summed E-state index contributed by atoms with van der Waals surface area (Å²) < 4.78 is 21.0. The monoisotopic (exact) mass is 598 g/mol. The number of esters is 2. The summed E-state index contributed by atoms with van der Waals surface area (Å²) in [5.41, 5.74) is 1.05. The Hall–Kier alpha value is -4.41. The zero-order chi connectivity index (χ0) is 32.6. The summed E-state index contributed by atoms with van der Waals surface area (Å²) in [6.45, 7) is 14.9. The number of ether oxygens (including phenoxy) is 4. The number of nitrogens with zero attached hydrogens (tertiary/aromatic N) is 2. The average Bonchev–Trinajstić information content (AvgIpc) is 2.92. The molecule has 1 atom stereocenters. The second-order valence-electron chi connectivity index (χ2n) is 11.4. The van der Waals surface area contributed by atoms with Gasteiger partial charge in [-0.1, -0.05) is 44.0 Å². The first-order chi connectivity index (χ1) is 20.0. The number of amides is 3. The maximum Gasteiger partial charge on any atom is 0.440 e. The third-order valence-corrected chi connectivity index (χ3v) is 6.14. The highest BCUT2D eigenvalue weighted by molar-refractivity contribution is 6.07. The van der Waals surface area contributed by atoms with E-state index in [1.165, 1.54) is 27.0 Å². The van der Waals surface area contributed by atoms with Gasteiger partial charge in [0.05, 0.1) is 25.2 Å². The van der Waals surface area contributed by atoms with Gasteiger partial charge in [0.1, 0.15) is 5.75 Å². The standard InChI is InChI=1S/C32H42N2O9/c1-11-15-41-29(38)30(42-28(37)19(2)3)43-31(39)33(27(36)24-13-12-14-25(40-10)22(24)6)34(32(7,8)9)26(35)23-17-20(4)16-21(5)18-23/h12-14,16-19,30H,11,15H2,1-10H3. The highest BCUT2D eigenvalue weighted by atomic mass is 16.7. The molecule has 2 aromatic rings. The van der Waals surface area contributed by atoms with Crippen molar-refractivity contribution in [3.63, 3.8) is 0 Å². The maximum atomic E-state index is 14.2. The normalized spacial score (nSPS) is 11.8. The molecule has 2 aromatic carbocycles. The Balaban J connectivity index is 2.75. The maximum absolute atomic E-state index is 14.2. The van der Waals surface area contributed by atoms with Gasteiger partial charge < -0.3 is 18.9 Å². The van der Waals surface area contributed by atoms with Crippen molar-refractivity contribution in [3.8, 4) is 5.75 Å². The third-order valence-electron chi connectivity index (χ3n) is 6.14. The smallest absolute Gasteiger partial charge is 0.440 e. The van der Waals surface area contributed by atoms with Crippen LogP contribution in [0.5, 0.6) is 5.75 Å². The number of aryl methyl sites for hydroxylation is 2. The van der Waals surface area contributed by atoms with Crippen molar-refractivity contribution in [1.29, 1.82) is 0 Å². The van der Waals surface area contributed by atoms with Crippen LogP contribution < -0.4 is 4.74 Å². The lowest BCUT2D eigenvalue weighted by molar-refractivity contribution is -0.195. The quantitative estimate of drug-likeness (QED) is 0.208. The molecule has 0 radical (unpaired) electrons. The fourth-order valence-corrected chi connectivity index (χ4v) is 4.13. The lowest BCUT2D eigenvalue weighted by atomic mass is 10.0. The van der Waals surface area contributed by atoms with E-state index in [-0.39, 0.29) is 17.7 Å². The number of imide groups is 1. The summed E-state index contributed by atoms with van der Waals surface area (Å²) in [7, 11) is 1.43. The van der Waals surface area contributed by atoms with E-state index in [4.69, 9.17) is 18.9 Å². The lowest BCUT2D eigenvalue weighted by Crippen LogP contribution is -2.61. The van der Waals surface area contributed by atoms with Gasteiger partial charge in [0, 0.05) is 16.7 Å². The lowest BCUT2D eigenvalue weighted by Gasteiger charge is -2.41. The van der Waals surface area contributed by atoms with Crippen LogP contribution >= 0.6 is 0 Å². The molecule has 0 aromatic heterocycles. The van der Waals surface area contributed by atoms with Crippen molar-refractivity contribution in [2.24, 2.45) is 5.92 Å². The first-order valence-corrected chi connectivity index (χ1v) is 14.0. The van der Waals surface area contributed by atoms with Crippen molar-refractivity contribution in [1.82, 2.24) is 10.0 Å². The molecular formula is C32H42N2O9. The predicted octanol–water partition coefficient (Wildman–Crippen LogP) is 5.53. The van der Waals surface area contributed by atoms with E-state index in [2.05, 4.69) is 0 Å². The molecule has 0 heterocycles. The number of hydrogen-bond donors (Lipinski definition) is 0. The molecular weight excluding hydrogens is 556 g/mol. The van der Waals surface area contributed by atoms with Gasteiger partial charge in [0.15, 0.2) is 0 Å². The van der Waals surface area contributed by atoms with E-state index in [0.717, 1.165) is 16.1 Å². The fourth-order valence-electron chi connectivity index (χ4n) is 4.13. The van der Waals surface area contributed by atoms with Crippen molar-refractivity contribution in [2.75, 3.05) is 13.7 Å². The number of hydrogen-bond acceptors (Lipinski definition) is 9. The van der Waals surface area contributed by atoms with Crippen molar-refractivity contribution >= 4 is 29.8 Å². The van der Waals surface area contributed by atoms with Gasteiger partial charge in [0.2, 0.25) is 0 Å². The third kappa shape index (κ3) is 8.79. The van der Waals surface area contributed by atoms with Crippen LogP contribution in [0.3, 0.4) is 0 Å². The Kier molecular flexibility index (Phi) is 11.9. The van der Waals surface area contributed by atoms with Gasteiger partial charge in [-0.3, -0.25) is 14.4 Å². The number of hydrazine groups is 1. The number of carbonyl (C=O) groups is 5. The van der Waals surface area contributed by atoms with Gasteiger partial charge in [-0.2, -0.15) is 0 Å². The minimum Gasteiger partial charge on any atom is -0.496 e. The van der Waals surface area contributed by atoms with Crippen LogP contribution in [0.4, 0.5) is 4.79 Å². The van der Waals surface area contributed by atoms with Gasteiger partial charge in [-0.25, -0.2) is 14.6 Å². The first kappa shape index (κ1) is 34.8. The van der Waals surface area contributed by atoms with Crippen molar-refractivity contribution < 1.29 is 42.9 Å². The Morgan fingerprint density at radius 1 is 0.860 bits per heavy atom. The fraction of sp³-hybridized carbons (Fsp3) is 0.469. The van der Waals surface area contributed by atoms with Gasteiger partial charge in [0.25, 0.3) is 11.8 Å². The van der Waals surface area contributed by atoms with E-state index < -0.39 is 47.6 Å². The summed E-state index contributed by atoms with van der Waals surface area (Å²) in [5, 5.41) is 1.48. The molecule has 0 saturated heterocycles. The van der Waals surface area contributed by atoms with Crippen molar-refractivity contribution in [2.45, 2.75) is 80.6 Å².